The average molecular weight is 427 g/mol. The number of hydrogen-bond acceptors (Lipinski definition) is 7. The highest BCUT2D eigenvalue weighted by atomic mass is 16.5. The molecule has 0 bridgehead atoms. The summed E-state index contributed by atoms with van der Waals surface area (Å²) in [5, 5.41) is 25.2. The topological polar surface area (TPSA) is 129 Å². The van der Waals surface area contributed by atoms with Gasteiger partial charge in [0.05, 0.1) is 31.8 Å². The lowest BCUT2D eigenvalue weighted by Gasteiger charge is -2.26. The van der Waals surface area contributed by atoms with Crippen molar-refractivity contribution in [2.45, 2.75) is 0 Å². The Labute approximate surface area is 178 Å². The highest BCUT2D eigenvalue weighted by Crippen LogP contribution is 2.29. The zero-order valence-electron chi connectivity index (χ0n) is 17.0. The Morgan fingerprint density at radius 3 is 1.77 bits per heavy atom. The summed E-state index contributed by atoms with van der Waals surface area (Å²) < 4.78 is 10.0. The van der Waals surface area contributed by atoms with Crippen LogP contribution >= 0.6 is 0 Å². The molecular formula is C21H23N4O6+. The fourth-order valence-corrected chi connectivity index (χ4v) is 3.02. The van der Waals surface area contributed by atoms with Gasteiger partial charge in [-0.15, -0.1) is 0 Å². The van der Waals surface area contributed by atoms with Crippen LogP contribution in [0.5, 0.6) is 23.0 Å². The number of quaternary nitrogens is 1. The van der Waals surface area contributed by atoms with Crippen molar-refractivity contribution in [1.29, 1.82) is 0 Å². The standard InChI is InChI=1S/C21H22N4O6/c1-30-14-3-5-18(26)16(9-14)23-20(28)11-25(8-7-22-13-25)12-21(29)24-17-10-15(31-2)4-6-19(17)27/h3-10,13H,11-12H2,1-2H3,(H3-,23,24,26,27,28,29)/p+1. The second kappa shape index (κ2) is 9.18. The molecule has 1 aliphatic heterocycles. The Hall–Kier alpha value is -4.05. The number of anilines is 2. The van der Waals surface area contributed by atoms with Crippen molar-refractivity contribution in [3.63, 3.8) is 0 Å². The fraction of sp³-hybridized carbons (Fsp3) is 0.190. The molecule has 162 valence electrons. The Bertz CT molecular complexity index is 967. The maximum absolute atomic E-state index is 12.6. The number of phenolic OH excluding ortho intramolecular Hbond substituents is 2. The molecule has 0 saturated carbocycles. The lowest BCUT2D eigenvalue weighted by Crippen LogP contribution is -2.50. The van der Waals surface area contributed by atoms with E-state index in [1.807, 2.05) is 0 Å². The molecule has 0 aliphatic carbocycles. The predicted molar refractivity (Wildman–Crippen MR) is 114 cm³/mol. The molecule has 10 nitrogen and oxygen atoms in total. The molecule has 2 aromatic rings. The molecule has 0 unspecified atom stereocenters. The van der Waals surface area contributed by atoms with Crippen LogP contribution in [0.4, 0.5) is 11.4 Å². The van der Waals surface area contributed by atoms with E-state index in [9.17, 15) is 19.8 Å². The van der Waals surface area contributed by atoms with Crippen LogP contribution in [0.1, 0.15) is 0 Å². The molecular weight excluding hydrogens is 404 g/mol. The smallest absolute Gasteiger partial charge is 0.280 e. The third kappa shape index (κ3) is 5.31. The number of carbonyl (C=O) groups excluding carboxylic acids is 2. The van der Waals surface area contributed by atoms with Gasteiger partial charge in [-0.3, -0.25) is 9.59 Å². The molecule has 0 fully saturated rings. The van der Waals surface area contributed by atoms with E-state index in [4.69, 9.17) is 9.47 Å². The fourth-order valence-electron chi connectivity index (χ4n) is 3.02. The van der Waals surface area contributed by atoms with Gasteiger partial charge in [-0.2, -0.15) is 0 Å². The summed E-state index contributed by atoms with van der Waals surface area (Å²) in [7, 11) is 2.95. The molecule has 10 heteroatoms. The third-order valence-electron chi connectivity index (χ3n) is 4.58. The zero-order valence-corrected chi connectivity index (χ0v) is 17.0. The molecule has 0 aromatic heterocycles. The van der Waals surface area contributed by atoms with Gasteiger partial charge in [0.15, 0.2) is 19.4 Å². The number of nitrogens with one attached hydrogen (secondary N) is 2. The monoisotopic (exact) mass is 427 g/mol. The van der Waals surface area contributed by atoms with Crippen molar-refractivity contribution in [3.8, 4) is 23.0 Å². The van der Waals surface area contributed by atoms with Gasteiger partial charge in [-0.25, -0.2) is 9.48 Å². The molecule has 31 heavy (non-hydrogen) atoms. The summed E-state index contributed by atoms with van der Waals surface area (Å²) in [6.07, 6.45) is 4.57. The molecule has 3 rings (SSSR count). The minimum Gasteiger partial charge on any atom is -0.506 e. The summed E-state index contributed by atoms with van der Waals surface area (Å²) in [6, 6.07) is 8.92. The van der Waals surface area contributed by atoms with Crippen LogP contribution in [0.25, 0.3) is 0 Å². The van der Waals surface area contributed by atoms with Crippen molar-refractivity contribution in [2.24, 2.45) is 4.99 Å². The lowest BCUT2D eigenvalue weighted by molar-refractivity contribution is -0.760. The van der Waals surface area contributed by atoms with Crippen LogP contribution in [0, 0.1) is 0 Å². The molecule has 0 saturated heterocycles. The Morgan fingerprint density at radius 2 is 1.39 bits per heavy atom. The van der Waals surface area contributed by atoms with Gasteiger partial charge in [-0.05, 0) is 24.3 Å². The number of nitrogens with zero attached hydrogens (tertiary/aromatic N) is 2. The van der Waals surface area contributed by atoms with E-state index in [0.717, 1.165) is 0 Å². The van der Waals surface area contributed by atoms with Crippen molar-refractivity contribution in [2.75, 3.05) is 37.9 Å². The summed E-state index contributed by atoms with van der Waals surface area (Å²) in [5.74, 6) is -0.179. The number of carbonyl (C=O) groups is 2. The van der Waals surface area contributed by atoms with Crippen LogP contribution in [0.3, 0.4) is 0 Å². The van der Waals surface area contributed by atoms with E-state index < -0.39 is 11.8 Å². The molecule has 0 radical (unpaired) electrons. The molecule has 4 N–H and O–H groups in total. The number of rotatable bonds is 8. The Kier molecular flexibility index (Phi) is 6.41. The third-order valence-corrected chi connectivity index (χ3v) is 4.58. The maximum atomic E-state index is 12.6. The van der Waals surface area contributed by atoms with Gasteiger partial charge in [0, 0.05) is 12.1 Å². The Balaban J connectivity index is 1.70. The molecule has 0 spiro atoms. The first-order valence-electron chi connectivity index (χ1n) is 9.26. The second-order valence-corrected chi connectivity index (χ2v) is 6.84. The Morgan fingerprint density at radius 1 is 0.903 bits per heavy atom. The number of aliphatic imine (C=N–C) groups is 1. The van der Waals surface area contributed by atoms with Crippen molar-refractivity contribution in [3.05, 3.63) is 48.8 Å². The first kappa shape index (κ1) is 21.7. The second-order valence-electron chi connectivity index (χ2n) is 6.84. The lowest BCUT2D eigenvalue weighted by atomic mass is 10.2. The van der Waals surface area contributed by atoms with E-state index in [-0.39, 0.29) is 40.4 Å². The maximum Gasteiger partial charge on any atom is 0.280 e. The average Bonchev–Trinajstić information content (AvgIpc) is 3.18. The number of hydrogen-bond donors (Lipinski definition) is 4. The van der Waals surface area contributed by atoms with Crippen LogP contribution in [0.2, 0.25) is 0 Å². The van der Waals surface area contributed by atoms with Crippen molar-refractivity contribution >= 4 is 29.5 Å². The minimum atomic E-state index is -0.446. The normalized spacial score (nSPS) is 13.6. The van der Waals surface area contributed by atoms with Crippen LogP contribution in [-0.2, 0) is 9.59 Å². The number of phenols is 2. The number of ether oxygens (including phenoxy) is 2. The van der Waals surface area contributed by atoms with E-state index in [1.165, 1.54) is 51.0 Å². The van der Waals surface area contributed by atoms with Gasteiger partial charge in [0.2, 0.25) is 0 Å². The van der Waals surface area contributed by atoms with Crippen molar-refractivity contribution in [1.82, 2.24) is 0 Å². The van der Waals surface area contributed by atoms with Crippen molar-refractivity contribution < 1.29 is 33.8 Å². The number of amides is 2. The predicted octanol–water partition coefficient (Wildman–Crippen LogP) is 2.02. The van der Waals surface area contributed by atoms with E-state index >= 15 is 0 Å². The summed E-state index contributed by atoms with van der Waals surface area (Å²) in [5.41, 5.74) is 0.377. The summed E-state index contributed by atoms with van der Waals surface area (Å²) >= 11 is 0. The van der Waals surface area contributed by atoms with E-state index in [1.54, 1.807) is 18.3 Å². The first-order chi connectivity index (χ1) is 14.8. The van der Waals surface area contributed by atoms with Gasteiger partial charge < -0.3 is 30.3 Å². The molecule has 0 atom stereocenters. The molecule has 2 aromatic carbocycles. The first-order valence-corrected chi connectivity index (χ1v) is 9.26. The molecule has 1 heterocycles. The van der Waals surface area contributed by atoms with Gasteiger partial charge >= 0.3 is 0 Å². The summed E-state index contributed by atoms with van der Waals surface area (Å²) in [6.45, 7) is -0.289. The highest BCUT2D eigenvalue weighted by Gasteiger charge is 2.33. The number of aromatic hydroxyl groups is 2. The number of methoxy groups -OCH3 is 2. The quantitative estimate of drug-likeness (QED) is 0.377. The van der Waals surface area contributed by atoms with Crippen LogP contribution < -0.4 is 20.1 Å². The SMILES string of the molecule is COc1ccc(O)c(NC(=O)C[N+]2(CC(=O)Nc3cc(OC)ccc3O)C=CN=C2)c1. The van der Waals surface area contributed by atoms with Gasteiger partial charge in [-0.1, -0.05) is 0 Å². The summed E-state index contributed by atoms with van der Waals surface area (Å²) in [4.78, 5) is 29.3. The molecule has 1 aliphatic rings. The van der Waals surface area contributed by atoms with E-state index in [0.29, 0.717) is 11.5 Å². The van der Waals surface area contributed by atoms with E-state index in [2.05, 4.69) is 15.6 Å². The van der Waals surface area contributed by atoms with Crippen LogP contribution in [-0.4, -0.2) is 60.2 Å². The number of benzene rings is 2. The van der Waals surface area contributed by atoms with Crippen LogP contribution in [0.15, 0.2) is 53.8 Å². The van der Waals surface area contributed by atoms with Gasteiger partial charge in [0.25, 0.3) is 11.8 Å². The highest BCUT2D eigenvalue weighted by molar-refractivity contribution is 5.96. The molecule has 2 amide bonds. The largest absolute Gasteiger partial charge is 0.506 e. The minimum absolute atomic E-state index is 0.113. The van der Waals surface area contributed by atoms with Gasteiger partial charge in [0.1, 0.15) is 29.2 Å². The zero-order chi connectivity index (χ0) is 22.4.